The number of hydrogen-bond donors (Lipinski definition) is 0. The Hall–Kier alpha value is -1.92. The summed E-state index contributed by atoms with van der Waals surface area (Å²) in [5.41, 5.74) is 1.75. The van der Waals surface area contributed by atoms with Crippen LogP contribution in [0.1, 0.15) is 12.5 Å². The van der Waals surface area contributed by atoms with Gasteiger partial charge in [0.1, 0.15) is 6.04 Å². The third-order valence-electron chi connectivity index (χ3n) is 2.64. The molecular weight excluding hydrogens is 257 g/mol. The number of hydrogen-bond acceptors (Lipinski definition) is 2. The average molecular weight is 271 g/mol. The van der Waals surface area contributed by atoms with Gasteiger partial charge in [0, 0.05) is 5.56 Å². The van der Waals surface area contributed by atoms with E-state index >= 15 is 0 Å². The van der Waals surface area contributed by atoms with Gasteiger partial charge in [-0.25, -0.2) is 0 Å². The first kappa shape index (κ1) is 13.5. The Bertz CT molecular complexity index is 560. The van der Waals surface area contributed by atoms with Crippen molar-refractivity contribution in [1.29, 1.82) is 0 Å². The molecule has 0 radical (unpaired) electrons. The third-order valence-corrected chi connectivity index (χ3v) is 3.31. The molecule has 2 aromatic rings. The van der Waals surface area contributed by atoms with E-state index in [9.17, 15) is 3.89 Å². The lowest BCUT2D eigenvalue weighted by Crippen LogP contribution is -2.23. The van der Waals surface area contributed by atoms with Crippen molar-refractivity contribution in [3.63, 3.8) is 0 Å². The molecule has 0 fully saturated rings. The molecule has 2 aromatic carbocycles. The first-order valence-electron chi connectivity index (χ1n) is 6.01. The Balaban J connectivity index is 2.15. The van der Waals surface area contributed by atoms with Gasteiger partial charge in [0.15, 0.2) is 12.3 Å². The first-order valence-corrected chi connectivity index (χ1v) is 6.68. The van der Waals surface area contributed by atoms with Crippen molar-refractivity contribution in [1.82, 2.24) is 0 Å². The van der Waals surface area contributed by atoms with E-state index in [4.69, 9.17) is 0 Å². The van der Waals surface area contributed by atoms with Crippen LogP contribution in [0.25, 0.3) is 0 Å². The van der Waals surface area contributed by atoms with Crippen LogP contribution in [-0.2, 0) is 0 Å². The maximum Gasteiger partial charge on any atom is 0.166 e. The van der Waals surface area contributed by atoms with Crippen LogP contribution in [0.2, 0.25) is 0 Å². The molecule has 0 spiro atoms. The molecule has 0 saturated carbocycles. The molecule has 1 unspecified atom stereocenters. The van der Waals surface area contributed by atoms with Gasteiger partial charge in [-0.1, -0.05) is 48.2 Å². The largest absolute Gasteiger partial charge is 0.274 e. The van der Waals surface area contributed by atoms with Crippen molar-refractivity contribution >= 4 is 18.0 Å². The van der Waals surface area contributed by atoms with E-state index in [0.29, 0.717) is 0 Å². The molecule has 0 aliphatic heterocycles. The molecular formula is C16H14FNS. The van der Waals surface area contributed by atoms with Crippen LogP contribution >= 0.6 is 12.3 Å². The lowest BCUT2D eigenvalue weighted by molar-refractivity contribution is 0.880. The molecule has 0 saturated heterocycles. The second-order valence-electron chi connectivity index (χ2n) is 4.04. The third kappa shape index (κ3) is 3.77. The van der Waals surface area contributed by atoms with Gasteiger partial charge in [0.2, 0.25) is 0 Å². The molecule has 0 aliphatic carbocycles. The van der Waals surface area contributed by atoms with E-state index in [2.05, 4.69) is 11.8 Å². The molecule has 0 aliphatic rings. The molecule has 1 atom stereocenters. The number of nitrogens with zero attached hydrogens (tertiary/aromatic N) is 1. The lowest BCUT2D eigenvalue weighted by atomic mass is 10.2. The van der Waals surface area contributed by atoms with Gasteiger partial charge in [-0.15, -0.1) is 3.89 Å². The van der Waals surface area contributed by atoms with Crippen molar-refractivity contribution in [3.05, 3.63) is 66.2 Å². The highest BCUT2D eigenvalue weighted by Crippen LogP contribution is 2.25. The fourth-order valence-electron chi connectivity index (χ4n) is 1.67. The lowest BCUT2D eigenvalue weighted by Gasteiger charge is -2.21. The van der Waals surface area contributed by atoms with Crippen molar-refractivity contribution in [2.45, 2.75) is 13.0 Å². The van der Waals surface area contributed by atoms with Crippen molar-refractivity contribution in [2.24, 2.45) is 0 Å². The second-order valence-corrected chi connectivity index (χ2v) is 4.57. The Labute approximate surface area is 117 Å². The number of para-hydroxylation sites is 1. The SMILES string of the molecule is CC(C#Cc1ccccc1)N(SF)c1ccccc1. The van der Waals surface area contributed by atoms with Crippen LogP contribution in [0.4, 0.5) is 9.57 Å². The highest BCUT2D eigenvalue weighted by Gasteiger charge is 2.13. The summed E-state index contributed by atoms with van der Waals surface area (Å²) in [4.78, 5) is 0. The Morgan fingerprint density at radius 3 is 2.16 bits per heavy atom. The standard InChI is InChI=1S/C16H14FNS/c1-14(12-13-15-8-4-2-5-9-15)18(19-17)16-10-6-3-7-11-16/h2-11,14H,1H3. The van der Waals surface area contributed by atoms with Gasteiger partial charge in [0.05, 0.1) is 5.69 Å². The minimum absolute atomic E-state index is 0.197. The molecule has 0 N–H and O–H groups in total. The zero-order valence-corrected chi connectivity index (χ0v) is 11.4. The summed E-state index contributed by atoms with van der Waals surface area (Å²) in [6.07, 6.45) is 0. The number of rotatable bonds is 3. The van der Waals surface area contributed by atoms with Crippen LogP contribution in [0, 0.1) is 11.8 Å². The minimum atomic E-state index is -0.211. The fourth-order valence-corrected chi connectivity index (χ4v) is 2.04. The molecule has 3 heteroatoms. The summed E-state index contributed by atoms with van der Waals surface area (Å²) >= 11 is 0.197. The number of anilines is 1. The van der Waals surface area contributed by atoms with Gasteiger partial charge in [-0.3, -0.25) is 4.31 Å². The summed E-state index contributed by atoms with van der Waals surface area (Å²) in [5.74, 6) is 6.12. The maximum atomic E-state index is 13.1. The summed E-state index contributed by atoms with van der Waals surface area (Å²) in [5, 5.41) is 0. The maximum absolute atomic E-state index is 13.1. The smallest absolute Gasteiger partial charge is 0.166 e. The van der Waals surface area contributed by atoms with Gasteiger partial charge < -0.3 is 0 Å². The minimum Gasteiger partial charge on any atom is -0.274 e. The van der Waals surface area contributed by atoms with Crippen LogP contribution in [0.15, 0.2) is 60.7 Å². The highest BCUT2D eigenvalue weighted by atomic mass is 32.2. The summed E-state index contributed by atoms with van der Waals surface area (Å²) in [7, 11) is 0. The Morgan fingerprint density at radius 2 is 1.58 bits per heavy atom. The van der Waals surface area contributed by atoms with E-state index < -0.39 is 0 Å². The topological polar surface area (TPSA) is 3.24 Å². The van der Waals surface area contributed by atoms with E-state index in [1.165, 1.54) is 0 Å². The van der Waals surface area contributed by atoms with E-state index in [1.54, 1.807) is 4.31 Å². The molecule has 0 heterocycles. The second kappa shape index (κ2) is 6.86. The van der Waals surface area contributed by atoms with Gasteiger partial charge >= 0.3 is 0 Å². The normalized spacial score (nSPS) is 11.3. The molecule has 2 rings (SSSR count). The summed E-state index contributed by atoms with van der Waals surface area (Å²) in [6, 6.07) is 18.9. The predicted molar refractivity (Wildman–Crippen MR) is 80.4 cm³/mol. The van der Waals surface area contributed by atoms with Crippen LogP contribution in [0.5, 0.6) is 0 Å². The highest BCUT2D eigenvalue weighted by molar-refractivity contribution is 7.95. The van der Waals surface area contributed by atoms with Crippen LogP contribution in [-0.4, -0.2) is 6.04 Å². The van der Waals surface area contributed by atoms with Crippen LogP contribution < -0.4 is 4.31 Å². The van der Waals surface area contributed by atoms with Crippen molar-refractivity contribution < 1.29 is 3.89 Å². The fraction of sp³-hybridized carbons (Fsp3) is 0.125. The molecule has 96 valence electrons. The molecule has 0 bridgehead atoms. The molecule has 0 amide bonds. The zero-order valence-electron chi connectivity index (χ0n) is 10.6. The zero-order chi connectivity index (χ0) is 13.5. The van der Waals surface area contributed by atoms with Crippen molar-refractivity contribution in [3.8, 4) is 11.8 Å². The molecule has 0 aromatic heterocycles. The quantitative estimate of drug-likeness (QED) is 0.598. The summed E-state index contributed by atoms with van der Waals surface area (Å²) < 4.78 is 14.6. The monoisotopic (exact) mass is 271 g/mol. The van der Waals surface area contributed by atoms with Crippen molar-refractivity contribution in [2.75, 3.05) is 4.31 Å². The van der Waals surface area contributed by atoms with Gasteiger partial charge in [-0.05, 0) is 31.2 Å². The van der Waals surface area contributed by atoms with E-state index in [0.717, 1.165) is 11.3 Å². The predicted octanol–water partition coefficient (Wildman–Crippen LogP) is 4.47. The number of benzene rings is 2. The van der Waals surface area contributed by atoms with E-state index in [1.807, 2.05) is 67.6 Å². The Kier molecular flexibility index (Phi) is 4.88. The number of halogens is 1. The van der Waals surface area contributed by atoms with E-state index in [-0.39, 0.29) is 18.4 Å². The Morgan fingerprint density at radius 1 is 1.00 bits per heavy atom. The van der Waals surface area contributed by atoms with Gasteiger partial charge in [-0.2, -0.15) is 0 Å². The molecule has 1 nitrogen and oxygen atoms in total. The van der Waals surface area contributed by atoms with Crippen LogP contribution in [0.3, 0.4) is 0 Å². The molecule has 19 heavy (non-hydrogen) atoms. The van der Waals surface area contributed by atoms with Gasteiger partial charge in [0.25, 0.3) is 0 Å². The first-order chi connectivity index (χ1) is 9.31. The average Bonchev–Trinajstić information content (AvgIpc) is 2.48. The summed E-state index contributed by atoms with van der Waals surface area (Å²) in [6.45, 7) is 1.88.